The fourth-order valence-corrected chi connectivity index (χ4v) is 7.09. The molecule has 2 aromatic heterocycles. The quantitative estimate of drug-likeness (QED) is 0.0877. The van der Waals surface area contributed by atoms with E-state index in [4.69, 9.17) is 13.6 Å². The number of furan rings is 2. The Morgan fingerprint density at radius 3 is 1.71 bits per heavy atom. The summed E-state index contributed by atoms with van der Waals surface area (Å²) in [6.07, 6.45) is 11.4. The number of hydrogen-bond acceptors (Lipinski definition) is 7. The minimum Gasteiger partial charge on any atom is -0.462 e. The van der Waals surface area contributed by atoms with Gasteiger partial charge in [-0.2, -0.15) is 0 Å². The maximum atomic E-state index is 12.7. The summed E-state index contributed by atoms with van der Waals surface area (Å²) in [5.74, 6) is 3.06. The number of benzene rings is 2. The van der Waals surface area contributed by atoms with Gasteiger partial charge in [-0.3, -0.25) is 14.4 Å². The molecule has 0 saturated carbocycles. The molecule has 0 fully saturated rings. The molecule has 6 rings (SSSR count). The van der Waals surface area contributed by atoms with E-state index in [2.05, 4.69) is 48.5 Å². The molecule has 4 heterocycles. The summed E-state index contributed by atoms with van der Waals surface area (Å²) in [4.78, 5) is 53.2. The standard InChI is InChI=1S/C26H36N2O4.C20H23NO3/c1-26(2,3)32-25(30)27(4)18-22-17-21-15-16-28(19-23(21)31-22)24(29)14-10-6-9-13-20-11-7-5-8-12-20;22-15-18-13-17-11-12-21(14-19(17)24-18)20(23)10-6-2-5-9-16-7-3-1-4-8-16/h5,7-8,11-12,17H,6,9-10,13-16,18-19H2,1-4H3;1,3-4,7-8,13,15H,2,5-6,9-12,14H2. The van der Waals surface area contributed by atoms with Crippen LogP contribution in [0.15, 0.2) is 81.6 Å². The van der Waals surface area contributed by atoms with E-state index in [0.29, 0.717) is 44.8 Å². The van der Waals surface area contributed by atoms with Gasteiger partial charge < -0.3 is 28.3 Å². The Hall–Kier alpha value is -5.12. The van der Waals surface area contributed by atoms with Crippen molar-refractivity contribution in [3.8, 4) is 0 Å². The number of carbonyl (C=O) groups excluding carboxylic acids is 4. The van der Waals surface area contributed by atoms with Crippen molar-refractivity contribution in [2.45, 2.75) is 123 Å². The summed E-state index contributed by atoms with van der Waals surface area (Å²) in [6.45, 7) is 8.32. The molecule has 10 heteroatoms. The van der Waals surface area contributed by atoms with Gasteiger partial charge >= 0.3 is 6.09 Å². The first-order valence-electron chi connectivity index (χ1n) is 20.2. The highest BCUT2D eigenvalue weighted by Gasteiger charge is 2.26. The normalized spacial score (nSPS) is 13.6. The van der Waals surface area contributed by atoms with Crippen LogP contribution in [0, 0.1) is 0 Å². The van der Waals surface area contributed by atoms with E-state index in [0.717, 1.165) is 105 Å². The Morgan fingerprint density at radius 1 is 0.714 bits per heavy atom. The van der Waals surface area contributed by atoms with Gasteiger partial charge in [0.15, 0.2) is 12.0 Å². The minimum atomic E-state index is -0.532. The molecule has 0 bridgehead atoms. The highest BCUT2D eigenvalue weighted by atomic mass is 16.6. The van der Waals surface area contributed by atoms with E-state index in [1.807, 2.05) is 48.8 Å². The first-order chi connectivity index (χ1) is 27.0. The van der Waals surface area contributed by atoms with E-state index >= 15 is 0 Å². The second-order valence-corrected chi connectivity index (χ2v) is 15.9. The smallest absolute Gasteiger partial charge is 0.410 e. The molecule has 2 aliphatic heterocycles. The van der Waals surface area contributed by atoms with Crippen LogP contribution in [0.1, 0.15) is 122 Å². The fraction of sp³-hybridized carbons (Fsp3) is 0.478. The number of ether oxygens (including phenoxy) is 1. The van der Waals surface area contributed by atoms with Crippen LogP contribution in [0.5, 0.6) is 0 Å². The molecule has 56 heavy (non-hydrogen) atoms. The van der Waals surface area contributed by atoms with Gasteiger partial charge in [-0.25, -0.2) is 4.79 Å². The number of amides is 3. The number of fused-ring (bicyclic) bond motifs is 2. The molecule has 0 spiro atoms. The largest absolute Gasteiger partial charge is 0.462 e. The third kappa shape index (κ3) is 13.3. The minimum absolute atomic E-state index is 0.185. The monoisotopic (exact) mass is 765 g/mol. The molecule has 0 N–H and O–H groups in total. The predicted octanol–water partition coefficient (Wildman–Crippen LogP) is 9.11. The summed E-state index contributed by atoms with van der Waals surface area (Å²) in [6, 6.07) is 24.7. The topological polar surface area (TPSA) is 114 Å². The van der Waals surface area contributed by atoms with E-state index in [1.165, 1.54) is 16.0 Å². The van der Waals surface area contributed by atoms with Gasteiger partial charge in [0, 0.05) is 33.0 Å². The summed E-state index contributed by atoms with van der Waals surface area (Å²) in [7, 11) is 1.70. The Balaban J connectivity index is 0.000000223. The van der Waals surface area contributed by atoms with Gasteiger partial charge in [0.05, 0.1) is 19.6 Å². The van der Waals surface area contributed by atoms with Crippen molar-refractivity contribution in [3.05, 3.63) is 118 Å². The van der Waals surface area contributed by atoms with E-state index in [-0.39, 0.29) is 17.9 Å². The Morgan fingerprint density at radius 2 is 1.21 bits per heavy atom. The van der Waals surface area contributed by atoms with Gasteiger partial charge in [0.2, 0.25) is 11.8 Å². The van der Waals surface area contributed by atoms with Crippen molar-refractivity contribution in [3.63, 3.8) is 0 Å². The van der Waals surface area contributed by atoms with Crippen LogP contribution in [-0.2, 0) is 59.6 Å². The van der Waals surface area contributed by atoms with E-state index in [9.17, 15) is 19.2 Å². The number of aryl methyl sites for hydroxylation is 2. The number of aldehydes is 1. The van der Waals surface area contributed by atoms with Crippen LogP contribution in [0.4, 0.5) is 4.79 Å². The van der Waals surface area contributed by atoms with Gasteiger partial charge in [0.25, 0.3) is 0 Å². The zero-order chi connectivity index (χ0) is 39.9. The maximum Gasteiger partial charge on any atom is 0.410 e. The number of hydrogen-bond donors (Lipinski definition) is 0. The lowest BCUT2D eigenvalue weighted by molar-refractivity contribution is -0.133. The Kier molecular flexibility index (Phi) is 15.5. The Bertz CT molecular complexity index is 1860. The van der Waals surface area contributed by atoms with Crippen LogP contribution in [0.2, 0.25) is 0 Å². The van der Waals surface area contributed by atoms with Gasteiger partial charge in [-0.05, 0) is 107 Å². The third-order valence-electron chi connectivity index (χ3n) is 10.2. The van der Waals surface area contributed by atoms with Crippen molar-refractivity contribution in [1.82, 2.24) is 14.7 Å². The van der Waals surface area contributed by atoms with E-state index in [1.54, 1.807) is 13.1 Å². The lowest BCUT2D eigenvalue weighted by Gasteiger charge is -2.26. The maximum absolute atomic E-state index is 12.7. The molecule has 3 amide bonds. The van der Waals surface area contributed by atoms with Crippen molar-refractivity contribution in [1.29, 1.82) is 0 Å². The molecule has 0 saturated heterocycles. The highest BCUT2D eigenvalue weighted by molar-refractivity contribution is 5.77. The van der Waals surface area contributed by atoms with Gasteiger partial charge in [-0.1, -0.05) is 73.5 Å². The molecular weight excluding hydrogens is 707 g/mol. The summed E-state index contributed by atoms with van der Waals surface area (Å²) in [5.41, 5.74) is 4.37. The van der Waals surface area contributed by atoms with Crippen LogP contribution in [-0.4, -0.2) is 64.6 Å². The molecule has 2 aromatic carbocycles. The van der Waals surface area contributed by atoms with Gasteiger partial charge in [-0.15, -0.1) is 0 Å². The number of rotatable bonds is 15. The van der Waals surface area contributed by atoms with Crippen LogP contribution >= 0.6 is 0 Å². The fourth-order valence-electron chi connectivity index (χ4n) is 7.09. The predicted molar refractivity (Wildman–Crippen MR) is 216 cm³/mol. The molecule has 4 aromatic rings. The second-order valence-electron chi connectivity index (χ2n) is 15.9. The number of carbonyl (C=O) groups is 4. The molecule has 300 valence electrons. The summed E-state index contributed by atoms with van der Waals surface area (Å²) < 4.78 is 16.8. The molecule has 2 aliphatic rings. The SMILES string of the molecule is CN(Cc1cc2c(o1)CN(C(=O)CCCCCc1ccccc1)CC2)C(=O)OC(C)(C)C.O=Cc1cc2c(o1)CN(C(=O)CCCCCc1ccccc1)CC2. The van der Waals surface area contributed by atoms with Crippen molar-refractivity contribution >= 4 is 24.2 Å². The lowest BCUT2D eigenvalue weighted by atomic mass is 10.0. The molecule has 0 atom stereocenters. The molecule has 0 unspecified atom stereocenters. The van der Waals surface area contributed by atoms with Crippen LogP contribution in [0.25, 0.3) is 0 Å². The molecule has 0 radical (unpaired) electrons. The first kappa shape index (κ1) is 42.0. The molecular formula is C46H59N3O7. The van der Waals surface area contributed by atoms with Crippen molar-refractivity contribution < 1.29 is 32.7 Å². The summed E-state index contributed by atoms with van der Waals surface area (Å²) in [5, 5.41) is 0. The van der Waals surface area contributed by atoms with Crippen LogP contribution < -0.4 is 0 Å². The number of nitrogens with zero attached hydrogens (tertiary/aromatic N) is 3. The zero-order valence-corrected chi connectivity index (χ0v) is 33.7. The summed E-state index contributed by atoms with van der Waals surface area (Å²) >= 11 is 0. The number of unbranched alkanes of at least 4 members (excludes halogenated alkanes) is 4. The average molecular weight is 766 g/mol. The van der Waals surface area contributed by atoms with Crippen molar-refractivity contribution in [2.75, 3.05) is 20.1 Å². The third-order valence-corrected chi connectivity index (χ3v) is 10.2. The zero-order valence-electron chi connectivity index (χ0n) is 33.7. The highest BCUT2D eigenvalue weighted by Crippen LogP contribution is 2.26. The van der Waals surface area contributed by atoms with E-state index < -0.39 is 5.60 Å². The Labute approximate surface area is 332 Å². The average Bonchev–Trinajstić information content (AvgIpc) is 3.80. The first-order valence-corrected chi connectivity index (χ1v) is 20.2. The lowest BCUT2D eigenvalue weighted by Crippen LogP contribution is -2.35. The van der Waals surface area contributed by atoms with Crippen molar-refractivity contribution in [2.24, 2.45) is 0 Å². The van der Waals surface area contributed by atoms with Crippen LogP contribution in [0.3, 0.4) is 0 Å². The molecule has 0 aliphatic carbocycles. The molecule has 10 nitrogen and oxygen atoms in total. The van der Waals surface area contributed by atoms with Gasteiger partial charge in [0.1, 0.15) is 22.9 Å². The second kappa shape index (κ2) is 20.7.